The molecule has 1 heterocycles. The largest absolute Gasteiger partial charge is 0.381 e. The van der Waals surface area contributed by atoms with Gasteiger partial charge in [0.2, 0.25) is 0 Å². The smallest absolute Gasteiger partial charge is 0.0991 e. The van der Waals surface area contributed by atoms with Crippen molar-refractivity contribution in [2.24, 2.45) is 0 Å². The zero-order valence-corrected chi connectivity index (χ0v) is 8.90. The van der Waals surface area contributed by atoms with Crippen LogP contribution in [0.2, 0.25) is 0 Å². The number of anilines is 1. The van der Waals surface area contributed by atoms with Crippen LogP contribution in [0.5, 0.6) is 0 Å². The van der Waals surface area contributed by atoms with E-state index < -0.39 is 0 Å². The first-order chi connectivity index (χ1) is 7.28. The molecule has 0 spiro atoms. The Morgan fingerprint density at radius 1 is 1.40 bits per heavy atom. The van der Waals surface area contributed by atoms with Crippen LogP contribution in [0.4, 0.5) is 5.69 Å². The lowest BCUT2D eigenvalue weighted by Gasteiger charge is -2.13. The van der Waals surface area contributed by atoms with Gasteiger partial charge in [-0.1, -0.05) is 0 Å². The molecular formula is C12H15N3. The van der Waals surface area contributed by atoms with Gasteiger partial charge in [0, 0.05) is 18.3 Å². The molecule has 1 saturated heterocycles. The lowest BCUT2D eigenvalue weighted by molar-refractivity contribution is 0.414. The predicted molar refractivity (Wildman–Crippen MR) is 60.7 cm³/mol. The zero-order chi connectivity index (χ0) is 10.7. The van der Waals surface area contributed by atoms with Crippen molar-refractivity contribution in [3.8, 4) is 6.07 Å². The normalized spacial score (nSPS) is 21.2. The van der Waals surface area contributed by atoms with Crippen molar-refractivity contribution in [3.05, 3.63) is 29.8 Å². The van der Waals surface area contributed by atoms with E-state index in [1.54, 1.807) is 0 Å². The lowest BCUT2D eigenvalue weighted by Crippen LogP contribution is -2.23. The molecule has 1 aromatic carbocycles. The maximum absolute atomic E-state index is 8.67. The van der Waals surface area contributed by atoms with Gasteiger partial charge in [0.1, 0.15) is 0 Å². The number of rotatable bonds is 2. The van der Waals surface area contributed by atoms with Gasteiger partial charge in [0.05, 0.1) is 11.6 Å². The second-order valence-corrected chi connectivity index (χ2v) is 4.08. The summed E-state index contributed by atoms with van der Waals surface area (Å²) in [5, 5.41) is 12.1. The standard InChI is InChI=1S/C12H15N3/c1-15-7-6-12(9-15)14-11-4-2-10(8-13)3-5-11/h2-5,12,14H,6-7,9H2,1H3. The first-order valence-electron chi connectivity index (χ1n) is 5.23. The maximum Gasteiger partial charge on any atom is 0.0991 e. The molecule has 3 heteroatoms. The van der Waals surface area contributed by atoms with E-state index in [2.05, 4.69) is 23.3 Å². The average Bonchev–Trinajstić information content (AvgIpc) is 2.65. The molecule has 1 fully saturated rings. The number of likely N-dealkylation sites (N-methyl/N-ethyl adjacent to an activating group) is 1. The van der Waals surface area contributed by atoms with Crippen molar-refractivity contribution in [1.82, 2.24) is 4.90 Å². The van der Waals surface area contributed by atoms with E-state index in [-0.39, 0.29) is 0 Å². The predicted octanol–water partition coefficient (Wildman–Crippen LogP) is 1.67. The number of hydrogen-bond donors (Lipinski definition) is 1. The fraction of sp³-hybridized carbons (Fsp3) is 0.417. The quantitative estimate of drug-likeness (QED) is 0.791. The Morgan fingerprint density at radius 3 is 2.67 bits per heavy atom. The molecule has 0 aliphatic carbocycles. The van der Waals surface area contributed by atoms with Crippen LogP contribution in [0.1, 0.15) is 12.0 Å². The number of likely N-dealkylation sites (tertiary alicyclic amines) is 1. The Morgan fingerprint density at radius 2 is 2.13 bits per heavy atom. The summed E-state index contributed by atoms with van der Waals surface area (Å²) in [6.07, 6.45) is 1.19. The minimum atomic E-state index is 0.544. The molecule has 0 bridgehead atoms. The van der Waals surface area contributed by atoms with Crippen molar-refractivity contribution in [1.29, 1.82) is 5.26 Å². The minimum absolute atomic E-state index is 0.544. The van der Waals surface area contributed by atoms with Crippen LogP contribution in [0, 0.1) is 11.3 Å². The molecule has 0 aromatic heterocycles. The second-order valence-electron chi connectivity index (χ2n) is 4.08. The number of nitrogens with zero attached hydrogens (tertiary/aromatic N) is 2. The van der Waals surface area contributed by atoms with Gasteiger partial charge in [-0.3, -0.25) is 0 Å². The van der Waals surface area contributed by atoms with Gasteiger partial charge in [-0.25, -0.2) is 0 Å². The number of nitrogens with one attached hydrogen (secondary N) is 1. The highest BCUT2D eigenvalue weighted by atomic mass is 15.2. The molecule has 0 amide bonds. The van der Waals surface area contributed by atoms with Gasteiger partial charge >= 0.3 is 0 Å². The van der Waals surface area contributed by atoms with Crippen LogP contribution in [-0.2, 0) is 0 Å². The molecule has 15 heavy (non-hydrogen) atoms. The molecule has 1 aromatic rings. The van der Waals surface area contributed by atoms with Crippen molar-refractivity contribution in [2.75, 3.05) is 25.5 Å². The molecule has 0 saturated carbocycles. The van der Waals surface area contributed by atoms with Crippen molar-refractivity contribution in [2.45, 2.75) is 12.5 Å². The van der Waals surface area contributed by atoms with Crippen LogP contribution in [-0.4, -0.2) is 31.1 Å². The average molecular weight is 201 g/mol. The van der Waals surface area contributed by atoms with Crippen molar-refractivity contribution >= 4 is 5.69 Å². The molecule has 1 atom stereocenters. The second kappa shape index (κ2) is 4.33. The van der Waals surface area contributed by atoms with Crippen molar-refractivity contribution in [3.63, 3.8) is 0 Å². The zero-order valence-electron chi connectivity index (χ0n) is 8.90. The molecule has 1 unspecified atom stereocenters. The number of benzene rings is 1. The molecule has 78 valence electrons. The maximum atomic E-state index is 8.67. The fourth-order valence-corrected chi connectivity index (χ4v) is 1.93. The van der Waals surface area contributed by atoms with Crippen LogP contribution >= 0.6 is 0 Å². The summed E-state index contributed by atoms with van der Waals surface area (Å²) >= 11 is 0. The Kier molecular flexibility index (Phi) is 2.89. The van der Waals surface area contributed by atoms with Gasteiger partial charge in [0.15, 0.2) is 0 Å². The monoisotopic (exact) mass is 201 g/mol. The van der Waals surface area contributed by atoms with Crippen molar-refractivity contribution < 1.29 is 0 Å². The van der Waals surface area contributed by atoms with Crippen LogP contribution in [0.15, 0.2) is 24.3 Å². The van der Waals surface area contributed by atoms with E-state index in [1.807, 2.05) is 24.3 Å². The summed E-state index contributed by atoms with van der Waals surface area (Å²) in [5.74, 6) is 0. The summed E-state index contributed by atoms with van der Waals surface area (Å²) in [7, 11) is 2.14. The SMILES string of the molecule is CN1CCC(Nc2ccc(C#N)cc2)C1. The van der Waals surface area contributed by atoms with Gasteiger partial charge in [-0.15, -0.1) is 0 Å². The Hall–Kier alpha value is -1.53. The lowest BCUT2D eigenvalue weighted by atomic mass is 10.2. The van der Waals surface area contributed by atoms with E-state index in [9.17, 15) is 0 Å². The Balaban J connectivity index is 1.96. The summed E-state index contributed by atoms with van der Waals surface area (Å²) < 4.78 is 0. The topological polar surface area (TPSA) is 39.1 Å². The third-order valence-corrected chi connectivity index (χ3v) is 2.78. The highest BCUT2D eigenvalue weighted by molar-refractivity contribution is 5.48. The molecule has 2 rings (SSSR count). The third-order valence-electron chi connectivity index (χ3n) is 2.78. The highest BCUT2D eigenvalue weighted by Crippen LogP contribution is 2.15. The van der Waals surface area contributed by atoms with E-state index in [1.165, 1.54) is 6.42 Å². The van der Waals surface area contributed by atoms with Crippen LogP contribution in [0.3, 0.4) is 0 Å². The molecule has 1 aliphatic heterocycles. The first-order valence-corrected chi connectivity index (χ1v) is 5.23. The minimum Gasteiger partial charge on any atom is -0.381 e. The summed E-state index contributed by atoms with van der Waals surface area (Å²) in [4.78, 5) is 2.32. The van der Waals surface area contributed by atoms with E-state index in [4.69, 9.17) is 5.26 Å². The van der Waals surface area contributed by atoms with Gasteiger partial charge in [0.25, 0.3) is 0 Å². The van der Waals surface area contributed by atoms with E-state index >= 15 is 0 Å². The van der Waals surface area contributed by atoms with E-state index in [0.717, 1.165) is 18.8 Å². The summed E-state index contributed by atoms with van der Waals surface area (Å²) in [5.41, 5.74) is 1.82. The Labute approximate surface area is 90.3 Å². The van der Waals surface area contributed by atoms with E-state index in [0.29, 0.717) is 11.6 Å². The van der Waals surface area contributed by atoms with Gasteiger partial charge in [-0.05, 0) is 44.3 Å². The Bertz CT molecular complexity index is 363. The fourth-order valence-electron chi connectivity index (χ4n) is 1.93. The van der Waals surface area contributed by atoms with Crippen LogP contribution < -0.4 is 5.32 Å². The molecule has 1 aliphatic rings. The van der Waals surface area contributed by atoms with Gasteiger partial charge < -0.3 is 10.2 Å². The molecule has 0 radical (unpaired) electrons. The number of nitriles is 1. The molecule has 1 N–H and O–H groups in total. The van der Waals surface area contributed by atoms with Gasteiger partial charge in [-0.2, -0.15) is 5.26 Å². The van der Waals surface area contributed by atoms with Crippen LogP contribution in [0.25, 0.3) is 0 Å². The highest BCUT2D eigenvalue weighted by Gasteiger charge is 2.18. The summed E-state index contributed by atoms with van der Waals surface area (Å²) in [6.45, 7) is 2.26. The third kappa shape index (κ3) is 2.48. The molecule has 3 nitrogen and oxygen atoms in total. The summed E-state index contributed by atoms with van der Waals surface area (Å²) in [6, 6.07) is 10.3. The first kappa shape index (κ1) is 10.0. The molecular weight excluding hydrogens is 186 g/mol. The number of hydrogen-bond acceptors (Lipinski definition) is 3.